The third kappa shape index (κ3) is 3.98. The van der Waals surface area contributed by atoms with Gasteiger partial charge in [0, 0.05) is 23.3 Å². The number of carbonyl (C=O) groups excluding carboxylic acids is 2. The maximum Gasteiger partial charge on any atom is 0.313 e. The third-order valence-electron chi connectivity index (χ3n) is 3.55. The summed E-state index contributed by atoms with van der Waals surface area (Å²) in [6.45, 7) is 2.01. The van der Waals surface area contributed by atoms with E-state index in [-0.39, 0.29) is 18.1 Å². The minimum absolute atomic E-state index is 0.0558. The number of benzene rings is 1. The van der Waals surface area contributed by atoms with Crippen molar-refractivity contribution >= 4 is 38.9 Å². The molecule has 1 atom stereocenters. The van der Waals surface area contributed by atoms with Crippen molar-refractivity contribution in [3.8, 4) is 0 Å². The number of amides is 2. The molecule has 1 aliphatic heterocycles. The van der Waals surface area contributed by atoms with Gasteiger partial charge in [-0.2, -0.15) is 0 Å². The molecule has 0 saturated carbocycles. The second-order valence-corrected chi connectivity index (χ2v) is 7.77. The molecule has 1 fully saturated rings. The van der Waals surface area contributed by atoms with Crippen molar-refractivity contribution < 1.29 is 18.0 Å². The van der Waals surface area contributed by atoms with E-state index >= 15 is 0 Å². The predicted octanol–water partition coefficient (Wildman–Crippen LogP) is 1.31. The van der Waals surface area contributed by atoms with Gasteiger partial charge in [-0.25, -0.2) is 8.42 Å². The number of anilines is 1. The molecule has 0 bridgehead atoms. The Labute approximate surface area is 134 Å². The molecule has 0 radical (unpaired) electrons. The van der Waals surface area contributed by atoms with Crippen molar-refractivity contribution in [3.63, 3.8) is 0 Å². The molecule has 2 rings (SSSR count). The van der Waals surface area contributed by atoms with E-state index in [0.29, 0.717) is 17.1 Å². The molecule has 2 amide bonds. The first-order valence-corrected chi connectivity index (χ1v) is 9.10. The Hall–Kier alpha value is -1.60. The lowest BCUT2D eigenvalue weighted by atomic mass is 10.2. The Morgan fingerprint density at radius 1 is 1.32 bits per heavy atom. The van der Waals surface area contributed by atoms with Gasteiger partial charge < -0.3 is 10.2 Å². The van der Waals surface area contributed by atoms with Crippen molar-refractivity contribution in [1.82, 2.24) is 4.90 Å². The Kier molecular flexibility index (Phi) is 5.08. The molecule has 6 nitrogen and oxygen atoms in total. The molecule has 1 aromatic rings. The quantitative estimate of drug-likeness (QED) is 0.838. The van der Waals surface area contributed by atoms with Gasteiger partial charge in [0.2, 0.25) is 0 Å². The molecular formula is C14H17ClN2O4S. The van der Waals surface area contributed by atoms with Crippen molar-refractivity contribution in [2.24, 2.45) is 0 Å². The summed E-state index contributed by atoms with van der Waals surface area (Å²) in [7, 11) is -3.11. The summed E-state index contributed by atoms with van der Waals surface area (Å²) < 4.78 is 23.1. The molecule has 120 valence electrons. The zero-order chi connectivity index (χ0) is 16.3. The minimum atomic E-state index is -3.11. The molecular weight excluding hydrogens is 328 g/mol. The highest BCUT2D eigenvalue weighted by molar-refractivity contribution is 7.91. The molecule has 0 spiro atoms. The second-order valence-electron chi connectivity index (χ2n) is 5.11. The fourth-order valence-corrected chi connectivity index (χ4v) is 4.29. The second kappa shape index (κ2) is 6.66. The molecule has 1 aliphatic rings. The van der Waals surface area contributed by atoms with Crippen LogP contribution in [0.5, 0.6) is 0 Å². The van der Waals surface area contributed by atoms with Crippen molar-refractivity contribution in [3.05, 3.63) is 29.3 Å². The maximum atomic E-state index is 12.2. The smallest absolute Gasteiger partial charge is 0.313 e. The molecule has 0 aliphatic carbocycles. The Balaban J connectivity index is 2.05. The van der Waals surface area contributed by atoms with E-state index < -0.39 is 27.7 Å². The monoisotopic (exact) mass is 344 g/mol. The first-order chi connectivity index (χ1) is 10.3. The zero-order valence-electron chi connectivity index (χ0n) is 12.1. The summed E-state index contributed by atoms with van der Waals surface area (Å²) in [5.41, 5.74) is 0.456. The molecule has 0 aromatic heterocycles. The van der Waals surface area contributed by atoms with Crippen LogP contribution < -0.4 is 5.32 Å². The number of hydrogen-bond donors (Lipinski definition) is 1. The number of halogens is 1. The lowest BCUT2D eigenvalue weighted by Gasteiger charge is -2.26. The van der Waals surface area contributed by atoms with Gasteiger partial charge in [0.1, 0.15) is 0 Å². The number of rotatable bonds is 3. The highest BCUT2D eigenvalue weighted by atomic mass is 35.5. The van der Waals surface area contributed by atoms with Crippen molar-refractivity contribution in [1.29, 1.82) is 0 Å². The van der Waals surface area contributed by atoms with Crippen LogP contribution in [0.25, 0.3) is 0 Å². The number of likely N-dealkylation sites (N-methyl/N-ethyl adjacent to an activating group) is 1. The summed E-state index contributed by atoms with van der Waals surface area (Å²) >= 11 is 5.75. The number of carbonyl (C=O) groups is 2. The fourth-order valence-electron chi connectivity index (χ4n) is 2.44. The van der Waals surface area contributed by atoms with Crippen LogP contribution in [0.2, 0.25) is 5.02 Å². The van der Waals surface area contributed by atoms with Crippen molar-refractivity contribution in [2.75, 3.05) is 23.4 Å². The van der Waals surface area contributed by atoms with Crippen LogP contribution in [0, 0.1) is 0 Å². The number of sulfone groups is 1. The van der Waals surface area contributed by atoms with E-state index in [2.05, 4.69) is 5.32 Å². The summed E-state index contributed by atoms with van der Waals surface area (Å²) in [5.74, 6) is -1.53. The van der Waals surface area contributed by atoms with E-state index in [0.717, 1.165) is 0 Å². The summed E-state index contributed by atoms with van der Waals surface area (Å²) in [6.07, 6.45) is 0.371. The number of nitrogens with one attached hydrogen (secondary N) is 1. The predicted molar refractivity (Wildman–Crippen MR) is 84.5 cm³/mol. The topological polar surface area (TPSA) is 83.6 Å². The molecule has 1 N–H and O–H groups in total. The first-order valence-electron chi connectivity index (χ1n) is 6.90. The Morgan fingerprint density at radius 3 is 2.45 bits per heavy atom. The first kappa shape index (κ1) is 16.8. The highest BCUT2D eigenvalue weighted by Gasteiger charge is 2.35. The van der Waals surface area contributed by atoms with E-state index in [1.54, 1.807) is 31.2 Å². The van der Waals surface area contributed by atoms with E-state index in [1.807, 2.05) is 0 Å². The molecule has 1 heterocycles. The standard InChI is InChI=1S/C14H17ClN2O4S/c1-2-17(12-7-8-22(20,21)9-12)14(19)13(18)16-11-5-3-10(15)4-6-11/h3-6,12H,2,7-9H2,1H3,(H,16,18). The van der Waals surface area contributed by atoms with Crippen LogP contribution in [0.4, 0.5) is 5.69 Å². The molecule has 8 heteroatoms. The van der Waals surface area contributed by atoms with Gasteiger partial charge in [-0.15, -0.1) is 0 Å². The average Bonchev–Trinajstić information content (AvgIpc) is 2.82. The van der Waals surface area contributed by atoms with E-state index in [1.165, 1.54) is 4.90 Å². The highest BCUT2D eigenvalue weighted by Crippen LogP contribution is 2.18. The van der Waals surface area contributed by atoms with Gasteiger partial charge in [0.25, 0.3) is 0 Å². The molecule has 22 heavy (non-hydrogen) atoms. The average molecular weight is 345 g/mol. The van der Waals surface area contributed by atoms with Crippen LogP contribution in [0.15, 0.2) is 24.3 Å². The molecule has 1 aromatic carbocycles. The maximum absolute atomic E-state index is 12.2. The van der Waals surface area contributed by atoms with Crippen LogP contribution in [-0.4, -0.2) is 49.2 Å². The Bertz CT molecular complexity index is 673. The van der Waals surface area contributed by atoms with Gasteiger partial charge in [-0.1, -0.05) is 11.6 Å². The largest absolute Gasteiger partial charge is 0.331 e. The SMILES string of the molecule is CCN(C(=O)C(=O)Nc1ccc(Cl)cc1)C1CCS(=O)(=O)C1. The van der Waals surface area contributed by atoms with Gasteiger partial charge >= 0.3 is 11.8 Å². The fraction of sp³-hybridized carbons (Fsp3) is 0.429. The third-order valence-corrected chi connectivity index (χ3v) is 5.55. The number of nitrogens with zero attached hydrogens (tertiary/aromatic N) is 1. The summed E-state index contributed by atoms with van der Waals surface area (Å²) in [5, 5.41) is 3.01. The lowest BCUT2D eigenvalue weighted by molar-refractivity contribution is -0.144. The summed E-state index contributed by atoms with van der Waals surface area (Å²) in [6, 6.07) is 5.94. The van der Waals surface area contributed by atoms with E-state index in [9.17, 15) is 18.0 Å². The van der Waals surface area contributed by atoms with Gasteiger partial charge in [-0.05, 0) is 37.6 Å². The van der Waals surface area contributed by atoms with Gasteiger partial charge in [0.05, 0.1) is 11.5 Å². The minimum Gasteiger partial charge on any atom is -0.331 e. The molecule has 1 unspecified atom stereocenters. The van der Waals surface area contributed by atoms with Crippen LogP contribution in [0.1, 0.15) is 13.3 Å². The number of hydrogen-bond acceptors (Lipinski definition) is 4. The van der Waals surface area contributed by atoms with Crippen LogP contribution >= 0.6 is 11.6 Å². The van der Waals surface area contributed by atoms with Crippen LogP contribution in [0.3, 0.4) is 0 Å². The van der Waals surface area contributed by atoms with Crippen LogP contribution in [-0.2, 0) is 19.4 Å². The normalized spacial score (nSPS) is 19.6. The summed E-state index contributed by atoms with van der Waals surface area (Å²) in [4.78, 5) is 25.6. The zero-order valence-corrected chi connectivity index (χ0v) is 13.7. The van der Waals surface area contributed by atoms with Gasteiger partial charge in [-0.3, -0.25) is 9.59 Å². The Morgan fingerprint density at radius 2 is 1.95 bits per heavy atom. The van der Waals surface area contributed by atoms with Gasteiger partial charge in [0.15, 0.2) is 9.84 Å². The van der Waals surface area contributed by atoms with Crippen molar-refractivity contribution in [2.45, 2.75) is 19.4 Å². The molecule has 1 saturated heterocycles. The lowest BCUT2D eigenvalue weighted by Crippen LogP contribution is -2.46. The van der Waals surface area contributed by atoms with E-state index in [4.69, 9.17) is 11.6 Å².